The third kappa shape index (κ3) is 4.01. The molecule has 2 rings (SSSR count). The van der Waals surface area contributed by atoms with Crippen LogP contribution in [0, 0.1) is 20.8 Å². The zero-order chi connectivity index (χ0) is 17.9. The van der Waals surface area contributed by atoms with Crippen molar-refractivity contribution in [2.75, 3.05) is 13.6 Å². The summed E-state index contributed by atoms with van der Waals surface area (Å²) < 4.78 is 30.9. The molecule has 1 N–H and O–H groups in total. The first kappa shape index (κ1) is 18.2. The van der Waals surface area contributed by atoms with Crippen LogP contribution in [0.5, 0.6) is 0 Å². The maximum atomic E-state index is 12.5. The fraction of sp³-hybridized carbons (Fsp3) is 0.375. The second-order valence-electron chi connectivity index (χ2n) is 5.68. The third-order valence-electron chi connectivity index (χ3n) is 3.61. The van der Waals surface area contributed by atoms with E-state index in [9.17, 15) is 13.2 Å². The van der Waals surface area contributed by atoms with Gasteiger partial charge in [-0.25, -0.2) is 8.42 Å². The monoisotopic (exact) mass is 351 g/mol. The van der Waals surface area contributed by atoms with E-state index in [-0.39, 0.29) is 28.8 Å². The summed E-state index contributed by atoms with van der Waals surface area (Å²) in [6, 6.07) is 7.74. The Morgan fingerprint density at radius 3 is 2.38 bits per heavy atom. The number of carbonyl (C=O) groups excluding carboxylic acids is 1. The van der Waals surface area contributed by atoms with Crippen molar-refractivity contribution in [3.05, 3.63) is 46.8 Å². The Labute approximate surface area is 141 Å². The minimum atomic E-state index is -3.82. The molecule has 0 saturated carbocycles. The van der Waals surface area contributed by atoms with Gasteiger partial charge in [0.05, 0.1) is 6.54 Å². The molecule has 0 aliphatic rings. The normalized spacial score (nSPS) is 11.7. The SMILES string of the molecule is Cc1ccc(CNC(=O)CN(C)S(=O)(=O)c2c(C)noc2C)cc1. The number of hydrogen-bond donors (Lipinski definition) is 1. The van der Waals surface area contributed by atoms with E-state index < -0.39 is 10.0 Å². The highest BCUT2D eigenvalue weighted by Crippen LogP contribution is 2.22. The Morgan fingerprint density at radius 1 is 1.21 bits per heavy atom. The quantitative estimate of drug-likeness (QED) is 0.852. The molecule has 0 atom stereocenters. The number of likely N-dealkylation sites (N-methyl/N-ethyl adjacent to an activating group) is 1. The van der Waals surface area contributed by atoms with Crippen LogP contribution in [-0.2, 0) is 21.4 Å². The summed E-state index contributed by atoms with van der Waals surface area (Å²) in [5.74, 6) is -0.173. The van der Waals surface area contributed by atoms with E-state index in [1.54, 1.807) is 6.92 Å². The number of rotatable bonds is 6. The van der Waals surface area contributed by atoms with Crippen molar-refractivity contribution >= 4 is 15.9 Å². The van der Waals surface area contributed by atoms with Gasteiger partial charge >= 0.3 is 0 Å². The molecule has 0 aliphatic heterocycles. The van der Waals surface area contributed by atoms with Gasteiger partial charge in [-0.2, -0.15) is 4.31 Å². The van der Waals surface area contributed by atoms with Gasteiger partial charge in [-0.3, -0.25) is 4.79 Å². The van der Waals surface area contributed by atoms with Gasteiger partial charge in [-0.1, -0.05) is 35.0 Å². The van der Waals surface area contributed by atoms with E-state index in [4.69, 9.17) is 4.52 Å². The number of aryl methyl sites for hydroxylation is 3. The highest BCUT2D eigenvalue weighted by molar-refractivity contribution is 7.89. The molecular weight excluding hydrogens is 330 g/mol. The molecule has 0 unspecified atom stereocenters. The first-order valence-corrected chi connectivity index (χ1v) is 8.87. The molecule has 0 spiro atoms. The summed E-state index contributed by atoms with van der Waals surface area (Å²) in [5, 5.41) is 6.36. The molecule has 0 fully saturated rings. The maximum absolute atomic E-state index is 12.5. The summed E-state index contributed by atoms with van der Waals surface area (Å²) in [6.45, 7) is 5.13. The van der Waals surface area contributed by atoms with Crippen LogP contribution in [0.2, 0.25) is 0 Å². The Morgan fingerprint density at radius 2 is 1.83 bits per heavy atom. The molecule has 2 aromatic rings. The fourth-order valence-electron chi connectivity index (χ4n) is 2.25. The van der Waals surface area contributed by atoms with E-state index in [0.29, 0.717) is 6.54 Å². The molecule has 1 aromatic carbocycles. The van der Waals surface area contributed by atoms with Crippen molar-refractivity contribution in [1.29, 1.82) is 0 Å². The predicted octanol–water partition coefficient (Wildman–Crippen LogP) is 1.54. The van der Waals surface area contributed by atoms with Crippen molar-refractivity contribution in [2.24, 2.45) is 0 Å². The minimum Gasteiger partial charge on any atom is -0.360 e. The number of aromatic nitrogens is 1. The summed E-state index contributed by atoms with van der Waals surface area (Å²) in [5.41, 5.74) is 2.36. The number of carbonyl (C=O) groups is 1. The van der Waals surface area contributed by atoms with Crippen LogP contribution in [0.4, 0.5) is 0 Å². The van der Waals surface area contributed by atoms with Crippen molar-refractivity contribution in [1.82, 2.24) is 14.8 Å². The Hall–Kier alpha value is -2.19. The van der Waals surface area contributed by atoms with Crippen LogP contribution in [0.25, 0.3) is 0 Å². The van der Waals surface area contributed by atoms with Crippen LogP contribution in [-0.4, -0.2) is 37.4 Å². The largest absolute Gasteiger partial charge is 0.360 e. The summed E-state index contributed by atoms with van der Waals surface area (Å²) in [6.07, 6.45) is 0. The summed E-state index contributed by atoms with van der Waals surface area (Å²) in [4.78, 5) is 12.0. The Balaban J connectivity index is 1.99. The molecule has 0 aliphatic carbocycles. The predicted molar refractivity (Wildman–Crippen MR) is 88.8 cm³/mol. The Kier molecular flexibility index (Phi) is 5.40. The molecule has 0 bridgehead atoms. The molecule has 130 valence electrons. The first-order chi connectivity index (χ1) is 11.2. The molecule has 24 heavy (non-hydrogen) atoms. The van der Waals surface area contributed by atoms with E-state index in [1.807, 2.05) is 31.2 Å². The van der Waals surface area contributed by atoms with Gasteiger partial charge in [-0.15, -0.1) is 0 Å². The van der Waals surface area contributed by atoms with Crippen LogP contribution < -0.4 is 5.32 Å². The smallest absolute Gasteiger partial charge is 0.248 e. The average molecular weight is 351 g/mol. The highest BCUT2D eigenvalue weighted by atomic mass is 32.2. The topological polar surface area (TPSA) is 92.5 Å². The number of nitrogens with one attached hydrogen (secondary N) is 1. The lowest BCUT2D eigenvalue weighted by Gasteiger charge is -2.16. The van der Waals surface area contributed by atoms with Crippen LogP contribution >= 0.6 is 0 Å². The van der Waals surface area contributed by atoms with Crippen molar-refractivity contribution < 1.29 is 17.7 Å². The first-order valence-electron chi connectivity index (χ1n) is 7.43. The molecule has 1 heterocycles. The number of hydrogen-bond acceptors (Lipinski definition) is 5. The van der Waals surface area contributed by atoms with Gasteiger partial charge in [0, 0.05) is 13.6 Å². The summed E-state index contributed by atoms with van der Waals surface area (Å²) >= 11 is 0. The van der Waals surface area contributed by atoms with Crippen molar-refractivity contribution in [2.45, 2.75) is 32.2 Å². The van der Waals surface area contributed by atoms with E-state index in [1.165, 1.54) is 14.0 Å². The molecule has 0 radical (unpaired) electrons. The fourth-order valence-corrected chi connectivity index (χ4v) is 3.66. The second kappa shape index (κ2) is 7.14. The van der Waals surface area contributed by atoms with Gasteiger partial charge in [-0.05, 0) is 26.3 Å². The van der Waals surface area contributed by atoms with Gasteiger partial charge in [0.25, 0.3) is 0 Å². The molecule has 1 aromatic heterocycles. The second-order valence-corrected chi connectivity index (χ2v) is 7.66. The van der Waals surface area contributed by atoms with Crippen LogP contribution in [0.15, 0.2) is 33.7 Å². The number of nitrogens with zero attached hydrogens (tertiary/aromatic N) is 2. The summed E-state index contributed by atoms with van der Waals surface area (Å²) in [7, 11) is -2.47. The Bertz CT molecular complexity index is 806. The van der Waals surface area contributed by atoms with Crippen molar-refractivity contribution in [3.8, 4) is 0 Å². The zero-order valence-electron chi connectivity index (χ0n) is 14.2. The number of amides is 1. The number of sulfonamides is 1. The van der Waals surface area contributed by atoms with E-state index in [0.717, 1.165) is 15.4 Å². The zero-order valence-corrected chi connectivity index (χ0v) is 15.0. The molecule has 0 saturated heterocycles. The standard InChI is InChI=1S/C16H21N3O4S/c1-11-5-7-14(8-6-11)9-17-15(20)10-19(4)24(21,22)16-12(2)18-23-13(16)3/h5-8H,9-10H2,1-4H3,(H,17,20). The highest BCUT2D eigenvalue weighted by Gasteiger charge is 2.29. The lowest BCUT2D eigenvalue weighted by molar-refractivity contribution is -0.121. The van der Waals surface area contributed by atoms with Gasteiger partial charge in [0.1, 0.15) is 10.6 Å². The maximum Gasteiger partial charge on any atom is 0.248 e. The van der Waals surface area contributed by atoms with Crippen LogP contribution in [0.3, 0.4) is 0 Å². The molecule has 1 amide bonds. The van der Waals surface area contributed by atoms with Gasteiger partial charge < -0.3 is 9.84 Å². The average Bonchev–Trinajstić information content (AvgIpc) is 2.86. The molecule has 8 heteroatoms. The third-order valence-corrected chi connectivity index (χ3v) is 5.66. The van der Waals surface area contributed by atoms with Gasteiger partial charge in [0.2, 0.25) is 15.9 Å². The molecule has 7 nitrogen and oxygen atoms in total. The lowest BCUT2D eigenvalue weighted by Crippen LogP contribution is -2.38. The van der Waals surface area contributed by atoms with E-state index >= 15 is 0 Å². The van der Waals surface area contributed by atoms with Gasteiger partial charge in [0.15, 0.2) is 5.76 Å². The van der Waals surface area contributed by atoms with E-state index in [2.05, 4.69) is 10.5 Å². The lowest BCUT2D eigenvalue weighted by atomic mass is 10.1. The molecular formula is C16H21N3O4S. The van der Waals surface area contributed by atoms with Crippen LogP contribution in [0.1, 0.15) is 22.6 Å². The number of benzene rings is 1. The van der Waals surface area contributed by atoms with Crippen molar-refractivity contribution in [3.63, 3.8) is 0 Å². The minimum absolute atomic E-state index is 0.0105.